The van der Waals surface area contributed by atoms with Crippen LogP contribution in [0.2, 0.25) is 0 Å². The predicted octanol–water partition coefficient (Wildman–Crippen LogP) is -1.28. The Morgan fingerprint density at radius 1 is 1.62 bits per heavy atom. The van der Waals surface area contributed by atoms with Crippen molar-refractivity contribution in [3.8, 4) is 0 Å². The molecule has 0 aromatic heterocycles. The first-order valence-electron chi connectivity index (χ1n) is 1.99. The molecule has 0 rings (SSSR count). The van der Waals surface area contributed by atoms with E-state index >= 15 is 0 Å². The predicted molar refractivity (Wildman–Crippen MR) is 34.7 cm³/mol. The lowest BCUT2D eigenvalue weighted by Crippen LogP contribution is -2.20. The number of aliphatic carboxylic acids is 1. The molecule has 0 aromatic carbocycles. The molecule has 1 N–H and O–H groups in total. The summed E-state index contributed by atoms with van der Waals surface area (Å²) >= 11 is 0. The number of likely N-dealkylation sites (N-methyl/N-ethyl adjacent to an activating group) is 1. The minimum absolute atomic E-state index is 0. The third-order valence-corrected chi connectivity index (χ3v) is 0.451. The Hall–Kier alpha value is 0.196. The topological polar surface area (TPSA) is 40.5 Å². The van der Waals surface area contributed by atoms with Crippen molar-refractivity contribution in [1.29, 1.82) is 0 Å². The molecule has 0 fully saturated rings. The van der Waals surface area contributed by atoms with Gasteiger partial charge in [-0.05, 0) is 14.1 Å². The van der Waals surface area contributed by atoms with Gasteiger partial charge in [-0.15, -0.1) is 0 Å². The first-order valence-corrected chi connectivity index (χ1v) is 1.99. The number of carboxylic acid groups (broad SMARTS) is 1. The van der Waals surface area contributed by atoms with E-state index in [0.717, 1.165) is 0 Å². The lowest BCUT2D eigenvalue weighted by atomic mass is 10.6. The molecule has 0 radical (unpaired) electrons. The molecule has 0 spiro atoms. The molecule has 0 amide bonds. The quantitative estimate of drug-likeness (QED) is 0.472. The molecule has 0 aromatic rings. The molecule has 4 heteroatoms. The summed E-state index contributed by atoms with van der Waals surface area (Å²) in [7, 11) is 3.43. The molecule has 0 aliphatic rings. The maximum atomic E-state index is 9.77. The van der Waals surface area contributed by atoms with Crippen molar-refractivity contribution in [3.05, 3.63) is 0 Å². The van der Waals surface area contributed by atoms with Crippen LogP contribution in [0.5, 0.6) is 0 Å². The van der Waals surface area contributed by atoms with Gasteiger partial charge in [-0.1, -0.05) is 0 Å². The van der Waals surface area contributed by atoms with E-state index in [1.165, 1.54) is 0 Å². The highest BCUT2D eigenvalue weighted by Gasteiger charge is 1.94. The highest BCUT2D eigenvalue weighted by Crippen LogP contribution is 1.69. The number of hydrogen-bond donors (Lipinski definition) is 1. The van der Waals surface area contributed by atoms with Crippen molar-refractivity contribution in [1.82, 2.24) is 4.90 Å². The van der Waals surface area contributed by atoms with Crippen molar-refractivity contribution in [3.63, 3.8) is 0 Å². The van der Waals surface area contributed by atoms with Crippen molar-refractivity contribution >= 4 is 29.0 Å². The second kappa shape index (κ2) is 5.34. The van der Waals surface area contributed by atoms with Crippen LogP contribution in [0.25, 0.3) is 0 Å². The van der Waals surface area contributed by atoms with E-state index in [1.807, 2.05) is 0 Å². The maximum Gasteiger partial charge on any atom is 0.317 e. The van der Waals surface area contributed by atoms with Gasteiger partial charge in [-0.25, -0.2) is 0 Å². The largest absolute Gasteiger partial charge is 0.480 e. The van der Waals surface area contributed by atoms with Crippen LogP contribution in [0.1, 0.15) is 0 Å². The van der Waals surface area contributed by atoms with Gasteiger partial charge in [-0.3, -0.25) is 9.69 Å². The minimum atomic E-state index is -0.787. The molecule has 8 heavy (non-hydrogen) atoms. The Morgan fingerprint density at radius 2 is 2.00 bits per heavy atom. The van der Waals surface area contributed by atoms with Crippen LogP contribution < -0.4 is 0 Å². The van der Waals surface area contributed by atoms with Crippen LogP contribution in [0.15, 0.2) is 0 Å². The summed E-state index contributed by atoms with van der Waals surface area (Å²) in [4.78, 5) is 11.4. The first-order chi connectivity index (χ1) is 3.13. The summed E-state index contributed by atoms with van der Waals surface area (Å²) in [5, 5.41) is 8.04. The Morgan fingerprint density at radius 3 is 2.00 bits per heavy atom. The second-order valence-electron chi connectivity index (χ2n) is 1.63. The van der Waals surface area contributed by atoms with E-state index in [-0.39, 0.29) is 29.6 Å². The molecular formula is C4H11MgNO2. The van der Waals surface area contributed by atoms with E-state index in [4.69, 9.17) is 5.11 Å². The normalized spacial score (nSPS) is 8.38. The molecule has 0 heterocycles. The average molecular weight is 129 g/mol. The highest BCUT2D eigenvalue weighted by atomic mass is 24.3. The summed E-state index contributed by atoms with van der Waals surface area (Å²) in [6, 6.07) is 0. The summed E-state index contributed by atoms with van der Waals surface area (Å²) in [5.74, 6) is -0.787. The molecule has 0 saturated heterocycles. The number of carbonyl (C=O) groups is 1. The molecule has 0 aliphatic carbocycles. The summed E-state index contributed by atoms with van der Waals surface area (Å²) in [5.41, 5.74) is 0. The number of rotatable bonds is 2. The van der Waals surface area contributed by atoms with Gasteiger partial charge >= 0.3 is 29.0 Å². The molecule has 0 atom stereocenters. The van der Waals surface area contributed by atoms with Crippen molar-refractivity contribution in [2.75, 3.05) is 20.6 Å². The molecular weight excluding hydrogens is 118 g/mol. The summed E-state index contributed by atoms with van der Waals surface area (Å²) in [6.07, 6.45) is 0. The van der Waals surface area contributed by atoms with Gasteiger partial charge in [0.15, 0.2) is 0 Å². The van der Waals surface area contributed by atoms with Gasteiger partial charge in [0.1, 0.15) is 0 Å². The number of hydrogen-bond acceptors (Lipinski definition) is 2. The van der Waals surface area contributed by atoms with Crippen LogP contribution in [-0.4, -0.2) is 59.7 Å². The molecule has 46 valence electrons. The van der Waals surface area contributed by atoms with Crippen LogP contribution in [0.3, 0.4) is 0 Å². The minimum Gasteiger partial charge on any atom is -0.480 e. The van der Waals surface area contributed by atoms with Crippen LogP contribution in [0.4, 0.5) is 0 Å². The standard InChI is InChI=1S/C4H9NO2.Mg.2H/c1-5(2)3-4(6)7;;;/h3H2,1-2H3,(H,6,7);;;. The fourth-order valence-electron chi connectivity index (χ4n) is 0.271. The molecule has 0 bridgehead atoms. The first kappa shape index (κ1) is 11.1. The Labute approximate surface area is 64.8 Å². The fourth-order valence-corrected chi connectivity index (χ4v) is 0.271. The fraction of sp³-hybridized carbons (Fsp3) is 0.750. The molecule has 3 nitrogen and oxygen atoms in total. The zero-order valence-electron chi connectivity index (χ0n) is 4.51. The van der Waals surface area contributed by atoms with E-state index in [9.17, 15) is 4.79 Å². The second-order valence-corrected chi connectivity index (χ2v) is 1.63. The third kappa shape index (κ3) is 9.50. The van der Waals surface area contributed by atoms with Gasteiger partial charge in [0.05, 0.1) is 6.54 Å². The number of nitrogens with zero attached hydrogens (tertiary/aromatic N) is 1. The lowest BCUT2D eigenvalue weighted by Gasteiger charge is -2.01. The van der Waals surface area contributed by atoms with Crippen LogP contribution in [-0.2, 0) is 4.79 Å². The van der Waals surface area contributed by atoms with Gasteiger partial charge < -0.3 is 5.11 Å². The molecule has 0 aliphatic heterocycles. The smallest absolute Gasteiger partial charge is 0.317 e. The summed E-state index contributed by atoms with van der Waals surface area (Å²) in [6.45, 7) is 0.111. The van der Waals surface area contributed by atoms with E-state index in [0.29, 0.717) is 0 Å². The van der Waals surface area contributed by atoms with E-state index in [2.05, 4.69) is 0 Å². The SMILES string of the molecule is CN(C)CC(=O)O.[MgH2]. The van der Waals surface area contributed by atoms with E-state index in [1.54, 1.807) is 19.0 Å². The Bertz CT molecular complexity index is 74.4. The Balaban J connectivity index is 0. The number of carboxylic acids is 1. The van der Waals surface area contributed by atoms with Crippen molar-refractivity contribution in [2.45, 2.75) is 0 Å². The van der Waals surface area contributed by atoms with E-state index < -0.39 is 5.97 Å². The van der Waals surface area contributed by atoms with Gasteiger partial charge in [0.25, 0.3) is 0 Å². The third-order valence-electron chi connectivity index (χ3n) is 0.451. The monoisotopic (exact) mass is 129 g/mol. The zero-order chi connectivity index (χ0) is 5.86. The van der Waals surface area contributed by atoms with Gasteiger partial charge in [0, 0.05) is 0 Å². The van der Waals surface area contributed by atoms with Crippen molar-refractivity contribution < 1.29 is 9.90 Å². The molecule has 0 saturated carbocycles. The highest BCUT2D eigenvalue weighted by molar-refractivity contribution is 5.75. The van der Waals surface area contributed by atoms with Crippen LogP contribution in [0, 0.1) is 0 Å². The Kier molecular flexibility index (Phi) is 7.37. The zero-order valence-corrected chi connectivity index (χ0v) is 4.51. The maximum absolute atomic E-state index is 9.77. The van der Waals surface area contributed by atoms with Gasteiger partial charge in [0.2, 0.25) is 0 Å². The lowest BCUT2D eigenvalue weighted by molar-refractivity contribution is -0.137. The summed E-state index contributed by atoms with van der Waals surface area (Å²) < 4.78 is 0. The average Bonchev–Trinajstić information content (AvgIpc) is 1.27. The van der Waals surface area contributed by atoms with Crippen LogP contribution >= 0.6 is 0 Å². The molecule has 0 unspecified atom stereocenters. The van der Waals surface area contributed by atoms with Crippen molar-refractivity contribution in [2.24, 2.45) is 0 Å². The van der Waals surface area contributed by atoms with Gasteiger partial charge in [-0.2, -0.15) is 0 Å².